The lowest BCUT2D eigenvalue weighted by Gasteiger charge is -2.20. The van der Waals surface area contributed by atoms with E-state index in [2.05, 4.69) is 39.0 Å². The van der Waals surface area contributed by atoms with Crippen LogP contribution in [0.3, 0.4) is 0 Å². The van der Waals surface area contributed by atoms with Crippen LogP contribution in [-0.4, -0.2) is 25.0 Å². The maximum absolute atomic E-state index is 12.0. The molecule has 2 aromatic carbocycles. The van der Waals surface area contributed by atoms with Crippen LogP contribution >= 0.6 is 0 Å². The highest BCUT2D eigenvalue weighted by atomic mass is 16.3. The molecule has 29 heavy (non-hydrogen) atoms. The van der Waals surface area contributed by atoms with Crippen LogP contribution < -0.4 is 20.9 Å². The van der Waals surface area contributed by atoms with Crippen LogP contribution in [-0.2, 0) is 17.8 Å². The summed E-state index contributed by atoms with van der Waals surface area (Å²) in [7, 11) is 0. The molecule has 1 aromatic heterocycles. The molecule has 3 N–H and O–H groups in total. The Hall–Kier alpha value is -3.74. The van der Waals surface area contributed by atoms with Gasteiger partial charge in [0, 0.05) is 23.6 Å². The van der Waals surface area contributed by atoms with E-state index >= 15 is 0 Å². The average Bonchev–Trinajstić information content (AvgIpc) is 3.41. The number of anilines is 3. The normalized spacial score (nSPS) is 12.3. The van der Waals surface area contributed by atoms with Gasteiger partial charge in [-0.1, -0.05) is 18.2 Å². The van der Waals surface area contributed by atoms with Crippen molar-refractivity contribution in [2.24, 2.45) is 0 Å². The first-order chi connectivity index (χ1) is 14.2. The topological polar surface area (TPSA) is 86.6 Å². The number of nitrogens with one attached hydrogen (secondary N) is 3. The van der Waals surface area contributed by atoms with E-state index in [1.165, 1.54) is 11.3 Å². The van der Waals surface area contributed by atoms with Gasteiger partial charge in [-0.3, -0.25) is 4.79 Å². The zero-order chi connectivity index (χ0) is 20.1. The van der Waals surface area contributed by atoms with Crippen LogP contribution in [0.5, 0.6) is 0 Å². The third-order valence-electron chi connectivity index (χ3n) is 4.77. The largest absolute Gasteiger partial charge is 0.467 e. The molecule has 2 heterocycles. The average molecular weight is 390 g/mol. The van der Waals surface area contributed by atoms with E-state index in [-0.39, 0.29) is 19.0 Å². The Labute approximate surface area is 168 Å². The molecule has 0 spiro atoms. The van der Waals surface area contributed by atoms with Crippen molar-refractivity contribution in [3.8, 4) is 0 Å². The van der Waals surface area contributed by atoms with E-state index in [4.69, 9.17) is 4.42 Å². The molecule has 7 heteroatoms. The molecule has 0 bridgehead atoms. The monoisotopic (exact) mass is 390 g/mol. The summed E-state index contributed by atoms with van der Waals surface area (Å²) in [6.45, 7) is 1.12. The fraction of sp³-hybridized carbons (Fsp3) is 0.182. The molecule has 0 saturated heterocycles. The predicted molar refractivity (Wildman–Crippen MR) is 111 cm³/mol. The fourth-order valence-corrected chi connectivity index (χ4v) is 3.33. The number of nitrogens with zero attached hydrogens (tertiary/aromatic N) is 1. The minimum absolute atomic E-state index is 0.116. The molecular weight excluding hydrogens is 368 g/mol. The van der Waals surface area contributed by atoms with Crippen LogP contribution in [0.1, 0.15) is 11.3 Å². The molecule has 3 aromatic rings. The smallest absolute Gasteiger partial charge is 0.319 e. The van der Waals surface area contributed by atoms with Crippen molar-refractivity contribution in [2.45, 2.75) is 13.0 Å². The highest BCUT2D eigenvalue weighted by Gasteiger charge is 2.19. The molecule has 0 atom stereocenters. The zero-order valence-electron chi connectivity index (χ0n) is 15.9. The molecule has 4 rings (SSSR count). The van der Waals surface area contributed by atoms with Gasteiger partial charge in [-0.15, -0.1) is 0 Å². The Kier molecular flexibility index (Phi) is 5.47. The Balaban J connectivity index is 1.25. The van der Waals surface area contributed by atoms with Crippen LogP contribution in [0.4, 0.5) is 21.9 Å². The van der Waals surface area contributed by atoms with Crippen LogP contribution in [0.15, 0.2) is 71.3 Å². The maximum Gasteiger partial charge on any atom is 0.319 e. The van der Waals surface area contributed by atoms with Gasteiger partial charge in [0.2, 0.25) is 5.91 Å². The first-order valence-corrected chi connectivity index (χ1v) is 9.48. The van der Waals surface area contributed by atoms with E-state index in [0.717, 1.165) is 18.7 Å². The number of carbonyl (C=O) groups excluding carboxylic acids is 2. The van der Waals surface area contributed by atoms with Gasteiger partial charge in [0.15, 0.2) is 0 Å². The van der Waals surface area contributed by atoms with Gasteiger partial charge in [0.25, 0.3) is 0 Å². The fourth-order valence-electron chi connectivity index (χ4n) is 3.33. The van der Waals surface area contributed by atoms with Gasteiger partial charge in [-0.25, -0.2) is 4.79 Å². The van der Waals surface area contributed by atoms with E-state index in [0.29, 0.717) is 11.4 Å². The molecule has 0 aliphatic carbocycles. The van der Waals surface area contributed by atoms with E-state index in [1.807, 2.05) is 30.3 Å². The number of urea groups is 1. The van der Waals surface area contributed by atoms with Gasteiger partial charge in [-0.05, 0) is 54.4 Å². The summed E-state index contributed by atoms with van der Waals surface area (Å²) in [6, 6.07) is 19.1. The van der Waals surface area contributed by atoms with Gasteiger partial charge < -0.3 is 25.3 Å². The van der Waals surface area contributed by atoms with Crippen molar-refractivity contribution in [3.63, 3.8) is 0 Å². The molecule has 148 valence electrons. The van der Waals surface area contributed by atoms with E-state index < -0.39 is 6.03 Å². The summed E-state index contributed by atoms with van der Waals surface area (Å²) in [5.74, 6) is 0.364. The SMILES string of the molecule is O=C(CNC(=O)Nc1ccc(N2CCc3ccccc32)cc1)NCc1ccco1. The number of amides is 3. The maximum atomic E-state index is 12.0. The van der Waals surface area contributed by atoms with Crippen LogP contribution in [0.25, 0.3) is 0 Å². The molecule has 0 radical (unpaired) electrons. The van der Waals surface area contributed by atoms with E-state index in [9.17, 15) is 9.59 Å². The minimum atomic E-state index is -0.433. The molecule has 7 nitrogen and oxygen atoms in total. The third-order valence-corrected chi connectivity index (χ3v) is 4.77. The Morgan fingerprint density at radius 1 is 0.966 bits per heavy atom. The number of benzene rings is 2. The van der Waals surface area contributed by atoms with Crippen molar-refractivity contribution in [1.82, 2.24) is 10.6 Å². The number of hydrogen-bond donors (Lipinski definition) is 3. The molecule has 0 unspecified atom stereocenters. The second kappa shape index (κ2) is 8.52. The number of para-hydroxylation sites is 1. The lowest BCUT2D eigenvalue weighted by Crippen LogP contribution is -2.38. The van der Waals surface area contributed by atoms with Gasteiger partial charge >= 0.3 is 6.03 Å². The number of carbonyl (C=O) groups is 2. The van der Waals surface area contributed by atoms with Crippen molar-refractivity contribution >= 4 is 29.0 Å². The van der Waals surface area contributed by atoms with Gasteiger partial charge in [0.1, 0.15) is 5.76 Å². The summed E-state index contributed by atoms with van der Waals surface area (Å²) in [4.78, 5) is 26.1. The molecule has 1 aliphatic heterocycles. The lowest BCUT2D eigenvalue weighted by molar-refractivity contribution is -0.120. The Bertz CT molecular complexity index is 984. The van der Waals surface area contributed by atoms with E-state index in [1.54, 1.807) is 18.4 Å². The molecule has 3 amide bonds. The predicted octanol–water partition coefficient (Wildman–Crippen LogP) is 3.41. The summed E-state index contributed by atoms with van der Waals surface area (Å²) in [5, 5.41) is 7.95. The minimum Gasteiger partial charge on any atom is -0.467 e. The summed E-state index contributed by atoms with van der Waals surface area (Å²) < 4.78 is 5.14. The lowest BCUT2D eigenvalue weighted by atomic mass is 10.2. The van der Waals surface area contributed by atoms with Crippen LogP contribution in [0, 0.1) is 0 Å². The Morgan fingerprint density at radius 3 is 2.59 bits per heavy atom. The highest BCUT2D eigenvalue weighted by Crippen LogP contribution is 2.34. The first kappa shape index (κ1) is 18.6. The van der Waals surface area contributed by atoms with Gasteiger partial charge in [0.05, 0.1) is 19.4 Å². The zero-order valence-corrected chi connectivity index (χ0v) is 15.9. The van der Waals surface area contributed by atoms with Crippen molar-refractivity contribution in [2.75, 3.05) is 23.3 Å². The second-order valence-electron chi connectivity index (χ2n) is 6.74. The number of fused-ring (bicyclic) bond motifs is 1. The summed E-state index contributed by atoms with van der Waals surface area (Å²) in [5.41, 5.74) is 4.32. The summed E-state index contributed by atoms with van der Waals surface area (Å²) in [6.07, 6.45) is 2.57. The molecule has 0 fully saturated rings. The number of hydrogen-bond acceptors (Lipinski definition) is 4. The molecule has 1 aliphatic rings. The molecular formula is C22H22N4O3. The first-order valence-electron chi connectivity index (χ1n) is 9.48. The van der Waals surface area contributed by atoms with Gasteiger partial charge in [-0.2, -0.15) is 0 Å². The van der Waals surface area contributed by atoms with Crippen molar-refractivity contribution in [3.05, 3.63) is 78.3 Å². The Morgan fingerprint density at radius 2 is 1.79 bits per heavy atom. The van der Waals surface area contributed by atoms with Crippen LogP contribution in [0.2, 0.25) is 0 Å². The standard InChI is InChI=1S/C22H22N4O3/c27-21(23-14-19-5-3-13-29-19)15-24-22(28)25-17-7-9-18(10-8-17)26-12-11-16-4-1-2-6-20(16)26/h1-10,13H,11-12,14-15H2,(H,23,27)(H2,24,25,28). The molecule has 0 saturated carbocycles. The van der Waals surface area contributed by atoms with Crippen molar-refractivity contribution < 1.29 is 14.0 Å². The summed E-state index contributed by atoms with van der Waals surface area (Å²) >= 11 is 0. The number of rotatable bonds is 6. The highest BCUT2D eigenvalue weighted by molar-refractivity contribution is 5.92. The third kappa shape index (κ3) is 4.57. The second-order valence-corrected chi connectivity index (χ2v) is 6.74. The van der Waals surface area contributed by atoms with Crippen molar-refractivity contribution in [1.29, 1.82) is 0 Å². The number of furan rings is 1. The quantitative estimate of drug-likeness (QED) is 0.602.